The molecule has 1 N–H and O–H groups in total. The van der Waals surface area contributed by atoms with Gasteiger partial charge in [-0.2, -0.15) is 0 Å². The van der Waals surface area contributed by atoms with Crippen molar-refractivity contribution in [2.75, 3.05) is 0 Å². The molecule has 0 aliphatic heterocycles. The summed E-state index contributed by atoms with van der Waals surface area (Å²) in [7, 11) is 0. The molecule has 0 amide bonds. The smallest absolute Gasteiger partial charge is 0.178 e. The highest BCUT2D eigenvalue weighted by Crippen LogP contribution is 2.27. The second-order valence-corrected chi connectivity index (χ2v) is 4.87. The number of benzene rings is 1. The van der Waals surface area contributed by atoms with Gasteiger partial charge in [-0.25, -0.2) is 0 Å². The number of rotatable bonds is 3. The summed E-state index contributed by atoms with van der Waals surface area (Å²) in [4.78, 5) is 3.20. The topological polar surface area (TPSA) is 20.7 Å². The Morgan fingerprint density at radius 2 is 2.25 bits per heavy atom. The maximum absolute atomic E-state index is 6.23. The van der Waals surface area contributed by atoms with Crippen molar-refractivity contribution in [1.82, 2.24) is 9.55 Å². The van der Waals surface area contributed by atoms with Gasteiger partial charge in [0.25, 0.3) is 0 Å². The van der Waals surface area contributed by atoms with E-state index in [2.05, 4.69) is 23.4 Å². The van der Waals surface area contributed by atoms with Gasteiger partial charge in [-0.15, -0.1) is 0 Å². The molecular formula is C12H15ClN2S. The van der Waals surface area contributed by atoms with Gasteiger partial charge in [-0.3, -0.25) is 0 Å². The quantitative estimate of drug-likeness (QED) is 0.787. The molecule has 0 saturated carbocycles. The molecule has 0 saturated heterocycles. The van der Waals surface area contributed by atoms with Crippen molar-refractivity contribution in [1.29, 1.82) is 0 Å². The Morgan fingerprint density at radius 3 is 2.94 bits per heavy atom. The number of aromatic nitrogens is 2. The Balaban J connectivity index is 2.68. The Morgan fingerprint density at radius 1 is 1.50 bits per heavy atom. The molecule has 2 nitrogen and oxygen atoms in total. The molecule has 1 heterocycles. The first-order chi connectivity index (χ1) is 7.65. The number of halogens is 1. The average molecular weight is 255 g/mol. The number of fused-ring (bicyclic) bond motifs is 1. The van der Waals surface area contributed by atoms with Crippen LogP contribution < -0.4 is 0 Å². The fourth-order valence-corrected chi connectivity index (χ4v) is 2.75. The summed E-state index contributed by atoms with van der Waals surface area (Å²) in [6.07, 6.45) is 2.24. The van der Waals surface area contributed by atoms with E-state index in [4.69, 9.17) is 23.8 Å². The largest absolute Gasteiger partial charge is 0.331 e. The minimum absolute atomic E-state index is 0.381. The predicted molar refractivity (Wildman–Crippen MR) is 71.8 cm³/mol. The first-order valence-electron chi connectivity index (χ1n) is 5.54. The van der Waals surface area contributed by atoms with E-state index in [-0.39, 0.29) is 0 Å². The molecule has 2 aromatic rings. The molecule has 86 valence electrons. The third-order valence-electron chi connectivity index (χ3n) is 2.84. The van der Waals surface area contributed by atoms with E-state index in [9.17, 15) is 0 Å². The van der Waals surface area contributed by atoms with Crippen molar-refractivity contribution in [2.24, 2.45) is 0 Å². The fraction of sp³-hybridized carbons (Fsp3) is 0.417. The minimum Gasteiger partial charge on any atom is -0.331 e. The highest BCUT2D eigenvalue weighted by molar-refractivity contribution is 7.71. The average Bonchev–Trinajstić information content (AvgIpc) is 2.56. The summed E-state index contributed by atoms with van der Waals surface area (Å²) in [5.74, 6) is 0. The second-order valence-electron chi connectivity index (χ2n) is 4.07. The molecule has 0 fully saturated rings. The Hall–Kier alpha value is -0.800. The van der Waals surface area contributed by atoms with Crippen LogP contribution in [0.2, 0.25) is 5.02 Å². The van der Waals surface area contributed by atoms with Crippen LogP contribution in [0.15, 0.2) is 18.2 Å². The lowest BCUT2D eigenvalue weighted by atomic mass is 10.2. The van der Waals surface area contributed by atoms with Crippen LogP contribution in [0.4, 0.5) is 0 Å². The van der Waals surface area contributed by atoms with Crippen LogP contribution in [-0.2, 0) is 0 Å². The molecule has 1 aromatic heterocycles. The summed E-state index contributed by atoms with van der Waals surface area (Å²) < 4.78 is 2.88. The summed E-state index contributed by atoms with van der Waals surface area (Å²) in [6, 6.07) is 6.23. The zero-order chi connectivity index (χ0) is 11.7. The molecule has 0 radical (unpaired) electrons. The van der Waals surface area contributed by atoms with Gasteiger partial charge in [0.1, 0.15) is 0 Å². The van der Waals surface area contributed by atoms with Crippen LogP contribution in [-0.4, -0.2) is 9.55 Å². The maximum atomic E-state index is 6.23. The third-order valence-corrected chi connectivity index (χ3v) is 3.44. The van der Waals surface area contributed by atoms with E-state index in [0.29, 0.717) is 6.04 Å². The summed E-state index contributed by atoms with van der Waals surface area (Å²) >= 11 is 11.6. The first-order valence-corrected chi connectivity index (χ1v) is 6.32. The van der Waals surface area contributed by atoms with Crippen molar-refractivity contribution in [3.8, 4) is 0 Å². The SMILES string of the molecule is CCCC(C)n1c(=S)[nH]c2cccc(Cl)c21. The van der Waals surface area contributed by atoms with Crippen LogP contribution in [0.5, 0.6) is 0 Å². The molecule has 1 unspecified atom stereocenters. The number of hydrogen-bond acceptors (Lipinski definition) is 1. The van der Waals surface area contributed by atoms with E-state index < -0.39 is 0 Å². The van der Waals surface area contributed by atoms with Crippen molar-refractivity contribution >= 4 is 34.9 Å². The van der Waals surface area contributed by atoms with E-state index in [1.54, 1.807) is 0 Å². The third kappa shape index (κ3) is 1.89. The summed E-state index contributed by atoms with van der Waals surface area (Å²) in [6.45, 7) is 4.35. The van der Waals surface area contributed by atoms with Gasteiger partial charge in [-0.05, 0) is 37.7 Å². The van der Waals surface area contributed by atoms with Crippen LogP contribution in [0.25, 0.3) is 11.0 Å². The van der Waals surface area contributed by atoms with Crippen molar-refractivity contribution < 1.29 is 0 Å². The predicted octanol–water partition coefficient (Wildman–Crippen LogP) is 4.71. The van der Waals surface area contributed by atoms with Crippen molar-refractivity contribution in [2.45, 2.75) is 32.7 Å². The molecule has 0 spiro atoms. The summed E-state index contributed by atoms with van der Waals surface area (Å²) in [5.41, 5.74) is 2.04. The zero-order valence-corrected chi connectivity index (χ0v) is 11.0. The molecule has 1 atom stereocenters. The Kier molecular flexibility index (Phi) is 3.36. The number of hydrogen-bond donors (Lipinski definition) is 1. The van der Waals surface area contributed by atoms with Crippen LogP contribution >= 0.6 is 23.8 Å². The van der Waals surface area contributed by atoms with E-state index in [1.807, 2.05) is 18.2 Å². The lowest BCUT2D eigenvalue weighted by Gasteiger charge is -2.13. The van der Waals surface area contributed by atoms with Gasteiger partial charge < -0.3 is 9.55 Å². The fourth-order valence-electron chi connectivity index (χ4n) is 2.11. The lowest BCUT2D eigenvalue weighted by Crippen LogP contribution is -2.04. The van der Waals surface area contributed by atoms with E-state index in [0.717, 1.165) is 33.7 Å². The van der Waals surface area contributed by atoms with Crippen LogP contribution in [0.1, 0.15) is 32.7 Å². The molecule has 1 aromatic carbocycles. The molecular weight excluding hydrogens is 240 g/mol. The van der Waals surface area contributed by atoms with Crippen LogP contribution in [0, 0.1) is 4.77 Å². The first kappa shape index (κ1) is 11.7. The zero-order valence-electron chi connectivity index (χ0n) is 9.46. The molecule has 0 bridgehead atoms. The van der Waals surface area contributed by atoms with Crippen molar-refractivity contribution in [3.05, 3.63) is 28.0 Å². The number of para-hydroxylation sites is 1. The minimum atomic E-state index is 0.381. The Bertz CT molecular complexity index is 556. The monoisotopic (exact) mass is 254 g/mol. The van der Waals surface area contributed by atoms with Gasteiger partial charge >= 0.3 is 0 Å². The van der Waals surface area contributed by atoms with Gasteiger partial charge in [0.2, 0.25) is 0 Å². The molecule has 0 aliphatic carbocycles. The van der Waals surface area contributed by atoms with E-state index in [1.165, 1.54) is 0 Å². The highest BCUT2D eigenvalue weighted by atomic mass is 35.5. The van der Waals surface area contributed by atoms with Crippen molar-refractivity contribution in [3.63, 3.8) is 0 Å². The number of nitrogens with zero attached hydrogens (tertiary/aromatic N) is 1. The van der Waals surface area contributed by atoms with Gasteiger partial charge in [-0.1, -0.05) is 31.0 Å². The Labute approximate surface area is 105 Å². The van der Waals surface area contributed by atoms with Gasteiger partial charge in [0.15, 0.2) is 4.77 Å². The maximum Gasteiger partial charge on any atom is 0.178 e. The standard InChI is InChI=1S/C12H15ClN2S/c1-3-5-8(2)15-11-9(13)6-4-7-10(11)14-12(15)16/h4,6-8H,3,5H2,1-2H3,(H,14,16). The number of aromatic amines is 1. The molecule has 16 heavy (non-hydrogen) atoms. The second kappa shape index (κ2) is 4.60. The molecule has 2 rings (SSSR count). The normalized spacial score (nSPS) is 13.2. The van der Waals surface area contributed by atoms with Gasteiger partial charge in [0, 0.05) is 6.04 Å². The number of H-pyrrole nitrogens is 1. The number of imidazole rings is 1. The number of nitrogens with one attached hydrogen (secondary N) is 1. The van der Waals surface area contributed by atoms with Crippen LogP contribution in [0.3, 0.4) is 0 Å². The molecule has 4 heteroatoms. The lowest BCUT2D eigenvalue weighted by molar-refractivity contribution is 0.507. The van der Waals surface area contributed by atoms with Gasteiger partial charge in [0.05, 0.1) is 16.1 Å². The van der Waals surface area contributed by atoms with E-state index >= 15 is 0 Å². The molecule has 0 aliphatic rings. The summed E-state index contributed by atoms with van der Waals surface area (Å²) in [5, 5.41) is 0.757. The highest BCUT2D eigenvalue weighted by Gasteiger charge is 2.12.